The van der Waals surface area contributed by atoms with Gasteiger partial charge in [-0.3, -0.25) is 4.79 Å². The molecule has 1 N–H and O–H groups in total. The largest absolute Gasteiger partial charge is 0.481 e. The average Bonchev–Trinajstić information content (AvgIpc) is 2.81. The molecular weight excluding hydrogens is 254 g/mol. The Kier molecular flexibility index (Phi) is 3.78. The molecule has 2 atom stereocenters. The van der Waals surface area contributed by atoms with E-state index >= 15 is 0 Å². The summed E-state index contributed by atoms with van der Waals surface area (Å²) in [5.74, 6) is 0.947. The van der Waals surface area contributed by atoms with Gasteiger partial charge in [-0.15, -0.1) is 0 Å². The number of aromatic nitrogens is 2. The highest BCUT2D eigenvalue weighted by Gasteiger charge is 2.27. The molecule has 5 nitrogen and oxygen atoms in total. The topological polar surface area (TPSA) is 58.4 Å². The van der Waals surface area contributed by atoms with Crippen LogP contribution < -0.4 is 0 Å². The van der Waals surface area contributed by atoms with Gasteiger partial charge in [0.25, 0.3) is 0 Å². The SMILES string of the molecule is CN1CCCC(Cc2ncc3n2CCC(C(=O)O)C3)C1. The van der Waals surface area contributed by atoms with Crippen LogP contribution in [0, 0.1) is 11.8 Å². The van der Waals surface area contributed by atoms with Crippen LogP contribution in [0.15, 0.2) is 6.20 Å². The summed E-state index contributed by atoms with van der Waals surface area (Å²) in [6.07, 6.45) is 6.84. The Morgan fingerprint density at radius 3 is 3.05 bits per heavy atom. The van der Waals surface area contributed by atoms with Crippen LogP contribution in [0.1, 0.15) is 30.8 Å². The van der Waals surface area contributed by atoms with Gasteiger partial charge in [0, 0.05) is 37.8 Å². The molecule has 1 aromatic rings. The fraction of sp³-hybridized carbons (Fsp3) is 0.733. The lowest BCUT2D eigenvalue weighted by molar-refractivity contribution is -0.142. The maximum Gasteiger partial charge on any atom is 0.306 e. The average molecular weight is 277 g/mol. The Bertz CT molecular complexity index is 497. The molecular formula is C15H23N3O2. The zero-order valence-corrected chi connectivity index (χ0v) is 12.1. The molecule has 3 heterocycles. The molecule has 110 valence electrons. The molecule has 2 unspecified atom stereocenters. The van der Waals surface area contributed by atoms with Crippen LogP contribution in [-0.2, 0) is 24.2 Å². The summed E-state index contributed by atoms with van der Waals surface area (Å²) in [6, 6.07) is 0. The number of piperidine rings is 1. The minimum absolute atomic E-state index is 0.229. The predicted octanol–water partition coefficient (Wildman–Crippen LogP) is 1.41. The second kappa shape index (κ2) is 5.56. The van der Waals surface area contributed by atoms with Crippen molar-refractivity contribution in [2.75, 3.05) is 20.1 Å². The molecule has 3 rings (SSSR count). The van der Waals surface area contributed by atoms with Gasteiger partial charge in [0.2, 0.25) is 0 Å². The van der Waals surface area contributed by atoms with Crippen molar-refractivity contribution in [3.8, 4) is 0 Å². The van der Waals surface area contributed by atoms with E-state index in [4.69, 9.17) is 5.11 Å². The summed E-state index contributed by atoms with van der Waals surface area (Å²) in [5.41, 5.74) is 1.10. The lowest BCUT2D eigenvalue weighted by Crippen LogP contribution is -2.34. The maximum atomic E-state index is 11.1. The second-order valence-corrected chi connectivity index (χ2v) is 6.32. The molecule has 0 amide bonds. The van der Waals surface area contributed by atoms with Crippen LogP contribution in [0.2, 0.25) is 0 Å². The minimum atomic E-state index is -0.673. The number of imidazole rings is 1. The Morgan fingerprint density at radius 2 is 2.30 bits per heavy atom. The number of hydrogen-bond donors (Lipinski definition) is 1. The molecule has 5 heteroatoms. The minimum Gasteiger partial charge on any atom is -0.481 e. The molecule has 1 aromatic heterocycles. The number of aliphatic carboxylic acids is 1. The van der Waals surface area contributed by atoms with Crippen molar-refractivity contribution in [3.05, 3.63) is 17.7 Å². The number of carbonyl (C=O) groups is 1. The summed E-state index contributed by atoms with van der Waals surface area (Å²) in [7, 11) is 2.19. The van der Waals surface area contributed by atoms with Crippen LogP contribution in [0.25, 0.3) is 0 Å². The van der Waals surface area contributed by atoms with Crippen LogP contribution in [0.4, 0.5) is 0 Å². The molecule has 0 radical (unpaired) electrons. The monoisotopic (exact) mass is 277 g/mol. The van der Waals surface area contributed by atoms with Gasteiger partial charge in [-0.25, -0.2) is 4.98 Å². The molecule has 1 fully saturated rings. The summed E-state index contributed by atoms with van der Waals surface area (Å²) < 4.78 is 2.26. The predicted molar refractivity (Wildman–Crippen MR) is 75.6 cm³/mol. The van der Waals surface area contributed by atoms with E-state index in [1.165, 1.54) is 19.4 Å². The third kappa shape index (κ3) is 2.73. The van der Waals surface area contributed by atoms with Crippen LogP contribution in [0.5, 0.6) is 0 Å². The molecule has 0 saturated carbocycles. The molecule has 2 aliphatic heterocycles. The summed E-state index contributed by atoms with van der Waals surface area (Å²) >= 11 is 0. The molecule has 1 saturated heterocycles. The Hall–Kier alpha value is -1.36. The van der Waals surface area contributed by atoms with E-state index < -0.39 is 5.97 Å². The third-order valence-electron chi connectivity index (χ3n) is 4.72. The van der Waals surface area contributed by atoms with Gasteiger partial charge in [0.05, 0.1) is 5.92 Å². The van der Waals surface area contributed by atoms with Crippen molar-refractivity contribution in [1.29, 1.82) is 0 Å². The van der Waals surface area contributed by atoms with Crippen molar-refractivity contribution >= 4 is 5.97 Å². The Morgan fingerprint density at radius 1 is 1.45 bits per heavy atom. The van der Waals surface area contributed by atoms with Crippen LogP contribution >= 0.6 is 0 Å². The van der Waals surface area contributed by atoms with Gasteiger partial charge in [-0.2, -0.15) is 0 Å². The molecule has 2 aliphatic rings. The first-order valence-electron chi connectivity index (χ1n) is 7.58. The van der Waals surface area contributed by atoms with Crippen molar-refractivity contribution in [3.63, 3.8) is 0 Å². The van der Waals surface area contributed by atoms with Crippen LogP contribution in [-0.4, -0.2) is 45.7 Å². The highest BCUT2D eigenvalue weighted by atomic mass is 16.4. The van der Waals surface area contributed by atoms with E-state index in [9.17, 15) is 4.79 Å². The van der Waals surface area contributed by atoms with Gasteiger partial charge < -0.3 is 14.6 Å². The second-order valence-electron chi connectivity index (χ2n) is 6.32. The molecule has 0 spiro atoms. The third-order valence-corrected chi connectivity index (χ3v) is 4.72. The highest BCUT2D eigenvalue weighted by molar-refractivity contribution is 5.70. The fourth-order valence-electron chi connectivity index (χ4n) is 3.60. The standard InChI is InChI=1S/C15H23N3O2/c1-17-5-2-3-11(10-17)7-14-16-9-13-8-12(15(19)20)4-6-18(13)14/h9,11-12H,2-8,10H2,1H3,(H,19,20). The molecule has 0 aliphatic carbocycles. The van der Waals surface area contributed by atoms with Crippen molar-refractivity contribution < 1.29 is 9.90 Å². The summed E-state index contributed by atoms with van der Waals surface area (Å²) in [6.45, 7) is 3.17. The first-order chi connectivity index (χ1) is 9.63. The first kappa shape index (κ1) is 13.6. The van der Waals surface area contributed by atoms with Crippen molar-refractivity contribution in [2.45, 2.75) is 38.6 Å². The number of hydrogen-bond acceptors (Lipinski definition) is 3. The zero-order chi connectivity index (χ0) is 14.1. The Labute approximate surface area is 119 Å². The molecule has 20 heavy (non-hydrogen) atoms. The van der Waals surface area contributed by atoms with E-state index in [1.807, 2.05) is 6.20 Å². The molecule has 0 aromatic carbocycles. The smallest absolute Gasteiger partial charge is 0.306 e. The number of nitrogens with zero attached hydrogens (tertiary/aromatic N) is 3. The number of likely N-dealkylation sites (tertiary alicyclic amines) is 1. The van der Waals surface area contributed by atoms with Gasteiger partial charge in [0.15, 0.2) is 0 Å². The van der Waals surface area contributed by atoms with Crippen LogP contribution in [0.3, 0.4) is 0 Å². The van der Waals surface area contributed by atoms with Crippen molar-refractivity contribution in [2.24, 2.45) is 11.8 Å². The number of rotatable bonds is 3. The number of fused-ring (bicyclic) bond motifs is 1. The van der Waals surface area contributed by atoms with E-state index in [0.29, 0.717) is 12.3 Å². The number of carboxylic acid groups (broad SMARTS) is 1. The van der Waals surface area contributed by atoms with E-state index in [2.05, 4.69) is 21.5 Å². The maximum absolute atomic E-state index is 11.1. The fourth-order valence-corrected chi connectivity index (χ4v) is 3.60. The van der Waals surface area contributed by atoms with Gasteiger partial charge in [-0.05, 0) is 38.8 Å². The van der Waals surface area contributed by atoms with E-state index in [1.54, 1.807) is 0 Å². The van der Waals surface area contributed by atoms with Crippen molar-refractivity contribution in [1.82, 2.24) is 14.5 Å². The lowest BCUT2D eigenvalue weighted by Gasteiger charge is -2.30. The quantitative estimate of drug-likeness (QED) is 0.907. The zero-order valence-electron chi connectivity index (χ0n) is 12.1. The summed E-state index contributed by atoms with van der Waals surface area (Å²) in [5, 5.41) is 9.13. The number of carboxylic acids is 1. The van der Waals surface area contributed by atoms with E-state index in [0.717, 1.165) is 37.4 Å². The van der Waals surface area contributed by atoms with Gasteiger partial charge in [0.1, 0.15) is 5.82 Å². The van der Waals surface area contributed by atoms with Gasteiger partial charge >= 0.3 is 5.97 Å². The lowest BCUT2D eigenvalue weighted by atomic mass is 9.94. The normalized spacial score (nSPS) is 27.2. The van der Waals surface area contributed by atoms with Gasteiger partial charge in [-0.1, -0.05) is 0 Å². The summed E-state index contributed by atoms with van der Waals surface area (Å²) in [4.78, 5) is 18.0. The Balaban J connectivity index is 1.69. The van der Waals surface area contributed by atoms with E-state index in [-0.39, 0.29) is 5.92 Å². The molecule has 0 bridgehead atoms. The first-order valence-corrected chi connectivity index (χ1v) is 7.58. The highest BCUT2D eigenvalue weighted by Crippen LogP contribution is 2.25.